The Hall–Kier alpha value is -1.09. The lowest BCUT2D eigenvalue weighted by atomic mass is 10.1. The van der Waals surface area contributed by atoms with Gasteiger partial charge in [-0.2, -0.15) is 0 Å². The Labute approximate surface area is 90.9 Å². The van der Waals surface area contributed by atoms with Crippen molar-refractivity contribution in [3.63, 3.8) is 0 Å². The van der Waals surface area contributed by atoms with Gasteiger partial charge in [-0.3, -0.25) is 0 Å². The van der Waals surface area contributed by atoms with Crippen LogP contribution < -0.4 is 10.1 Å². The number of nitrogens with zero attached hydrogens (tertiary/aromatic N) is 1. The molecule has 0 radical (unpaired) electrons. The fourth-order valence-corrected chi connectivity index (χ4v) is 1.94. The molecule has 1 aliphatic heterocycles. The van der Waals surface area contributed by atoms with E-state index in [1.165, 1.54) is 18.4 Å². The van der Waals surface area contributed by atoms with E-state index in [4.69, 9.17) is 4.74 Å². The largest absolute Gasteiger partial charge is 0.475 e. The molecule has 0 aromatic carbocycles. The molecule has 0 saturated carbocycles. The summed E-state index contributed by atoms with van der Waals surface area (Å²) in [6, 6.07) is 4.50. The van der Waals surface area contributed by atoms with Crippen LogP contribution in [0.1, 0.15) is 38.3 Å². The molecule has 3 nitrogen and oxygen atoms in total. The van der Waals surface area contributed by atoms with Crippen LogP contribution >= 0.6 is 0 Å². The van der Waals surface area contributed by atoms with Crippen LogP contribution in [0, 0.1) is 0 Å². The maximum atomic E-state index is 5.71. The Bertz CT molecular complexity index is 319. The normalized spacial score (nSPS) is 20.9. The zero-order chi connectivity index (χ0) is 10.7. The van der Waals surface area contributed by atoms with Gasteiger partial charge in [0, 0.05) is 17.8 Å². The van der Waals surface area contributed by atoms with Gasteiger partial charge in [0.15, 0.2) is 0 Å². The van der Waals surface area contributed by atoms with Gasteiger partial charge in [0.05, 0.1) is 6.10 Å². The topological polar surface area (TPSA) is 34.1 Å². The molecule has 1 aromatic rings. The third kappa shape index (κ3) is 2.48. The molecule has 2 heterocycles. The van der Waals surface area contributed by atoms with Gasteiger partial charge in [-0.1, -0.05) is 6.07 Å². The summed E-state index contributed by atoms with van der Waals surface area (Å²) < 4.78 is 5.71. The highest BCUT2D eigenvalue weighted by Crippen LogP contribution is 2.29. The molecule has 1 N–H and O–H groups in total. The van der Waals surface area contributed by atoms with Crippen molar-refractivity contribution in [2.24, 2.45) is 0 Å². The van der Waals surface area contributed by atoms with E-state index >= 15 is 0 Å². The maximum Gasteiger partial charge on any atom is 0.218 e. The summed E-state index contributed by atoms with van der Waals surface area (Å²) in [4.78, 5) is 4.30. The summed E-state index contributed by atoms with van der Waals surface area (Å²) >= 11 is 0. The number of aromatic nitrogens is 1. The van der Waals surface area contributed by atoms with Crippen LogP contribution in [0.15, 0.2) is 18.3 Å². The van der Waals surface area contributed by atoms with Crippen LogP contribution in [0.4, 0.5) is 0 Å². The molecule has 0 spiro atoms. The fraction of sp³-hybridized carbons (Fsp3) is 0.583. The van der Waals surface area contributed by atoms with Crippen molar-refractivity contribution in [1.82, 2.24) is 10.3 Å². The zero-order valence-corrected chi connectivity index (χ0v) is 9.36. The molecule has 0 aliphatic carbocycles. The molecule has 3 heteroatoms. The molecular formula is C12H18N2O. The first-order chi connectivity index (χ1) is 7.27. The average molecular weight is 206 g/mol. The molecule has 1 saturated heterocycles. The number of rotatable bonds is 3. The fourth-order valence-electron chi connectivity index (χ4n) is 1.94. The third-order valence-electron chi connectivity index (χ3n) is 2.58. The molecule has 1 fully saturated rings. The second kappa shape index (κ2) is 4.62. The molecule has 1 aliphatic rings. The molecule has 2 rings (SSSR count). The molecule has 82 valence electrons. The summed E-state index contributed by atoms with van der Waals surface area (Å²) in [6.45, 7) is 5.15. The molecule has 1 unspecified atom stereocenters. The summed E-state index contributed by atoms with van der Waals surface area (Å²) in [5.74, 6) is 0.784. The van der Waals surface area contributed by atoms with Crippen LogP contribution in [0.2, 0.25) is 0 Å². The summed E-state index contributed by atoms with van der Waals surface area (Å²) in [6.07, 6.45) is 4.39. The molecule has 1 atom stereocenters. The average Bonchev–Trinajstić information content (AvgIpc) is 2.70. The van der Waals surface area contributed by atoms with E-state index in [0.717, 1.165) is 12.4 Å². The predicted octanol–water partition coefficient (Wildman–Crippen LogP) is 2.29. The van der Waals surface area contributed by atoms with E-state index in [1.807, 2.05) is 19.9 Å². The van der Waals surface area contributed by atoms with Gasteiger partial charge in [-0.25, -0.2) is 4.98 Å². The van der Waals surface area contributed by atoms with Gasteiger partial charge in [-0.05, 0) is 39.3 Å². The third-order valence-corrected chi connectivity index (χ3v) is 2.58. The molecular weight excluding hydrogens is 188 g/mol. The number of hydrogen-bond acceptors (Lipinski definition) is 3. The van der Waals surface area contributed by atoms with Crippen molar-refractivity contribution in [3.8, 4) is 5.88 Å². The quantitative estimate of drug-likeness (QED) is 0.824. The minimum atomic E-state index is 0.181. The number of ether oxygens (including phenoxy) is 1. The van der Waals surface area contributed by atoms with Crippen molar-refractivity contribution in [2.75, 3.05) is 6.54 Å². The number of nitrogens with one attached hydrogen (secondary N) is 1. The minimum Gasteiger partial charge on any atom is -0.475 e. The van der Waals surface area contributed by atoms with Gasteiger partial charge in [0.2, 0.25) is 5.88 Å². The highest BCUT2D eigenvalue weighted by atomic mass is 16.5. The second-order valence-corrected chi connectivity index (χ2v) is 4.21. The lowest BCUT2D eigenvalue weighted by Crippen LogP contribution is -2.16. The van der Waals surface area contributed by atoms with Crippen molar-refractivity contribution < 1.29 is 4.74 Å². The molecule has 0 bridgehead atoms. The first kappa shape index (κ1) is 10.4. The highest BCUT2D eigenvalue weighted by molar-refractivity contribution is 5.29. The number of pyridine rings is 1. The second-order valence-electron chi connectivity index (χ2n) is 4.21. The molecule has 0 amide bonds. The first-order valence-corrected chi connectivity index (χ1v) is 5.62. The van der Waals surface area contributed by atoms with E-state index < -0.39 is 0 Å². The van der Waals surface area contributed by atoms with E-state index in [0.29, 0.717) is 6.04 Å². The van der Waals surface area contributed by atoms with Crippen LogP contribution in [0.3, 0.4) is 0 Å². The van der Waals surface area contributed by atoms with Gasteiger partial charge < -0.3 is 10.1 Å². The lowest BCUT2D eigenvalue weighted by Gasteiger charge is -2.16. The van der Waals surface area contributed by atoms with E-state index in [1.54, 1.807) is 6.20 Å². The molecule has 15 heavy (non-hydrogen) atoms. The van der Waals surface area contributed by atoms with E-state index in [-0.39, 0.29) is 6.10 Å². The van der Waals surface area contributed by atoms with Crippen LogP contribution in [-0.4, -0.2) is 17.6 Å². The smallest absolute Gasteiger partial charge is 0.218 e. The summed E-state index contributed by atoms with van der Waals surface area (Å²) in [5, 5.41) is 3.47. The zero-order valence-electron chi connectivity index (χ0n) is 9.36. The molecule has 1 aromatic heterocycles. The standard InChI is InChI=1S/C12H18N2O/c1-9(2)15-12-10(5-3-8-14-12)11-6-4-7-13-11/h3,5,8-9,11,13H,4,6-7H2,1-2H3. The van der Waals surface area contributed by atoms with Gasteiger partial charge in [0.25, 0.3) is 0 Å². The Morgan fingerprint density at radius 1 is 1.53 bits per heavy atom. The van der Waals surface area contributed by atoms with Crippen molar-refractivity contribution in [1.29, 1.82) is 0 Å². The van der Waals surface area contributed by atoms with E-state index in [2.05, 4.69) is 16.4 Å². The first-order valence-electron chi connectivity index (χ1n) is 5.62. The Kier molecular flexibility index (Phi) is 3.21. The van der Waals surface area contributed by atoms with Crippen LogP contribution in [0.25, 0.3) is 0 Å². The predicted molar refractivity (Wildman–Crippen MR) is 60.0 cm³/mol. The van der Waals surface area contributed by atoms with Crippen molar-refractivity contribution in [2.45, 2.75) is 38.8 Å². The van der Waals surface area contributed by atoms with Crippen molar-refractivity contribution in [3.05, 3.63) is 23.9 Å². The van der Waals surface area contributed by atoms with Crippen LogP contribution in [-0.2, 0) is 0 Å². The highest BCUT2D eigenvalue weighted by Gasteiger charge is 2.20. The summed E-state index contributed by atoms with van der Waals surface area (Å²) in [7, 11) is 0. The van der Waals surface area contributed by atoms with Gasteiger partial charge in [-0.15, -0.1) is 0 Å². The maximum absolute atomic E-state index is 5.71. The van der Waals surface area contributed by atoms with E-state index in [9.17, 15) is 0 Å². The monoisotopic (exact) mass is 206 g/mol. The Morgan fingerprint density at radius 3 is 3.07 bits per heavy atom. The van der Waals surface area contributed by atoms with Crippen LogP contribution in [0.5, 0.6) is 5.88 Å². The Morgan fingerprint density at radius 2 is 2.40 bits per heavy atom. The van der Waals surface area contributed by atoms with Gasteiger partial charge in [0.1, 0.15) is 0 Å². The number of hydrogen-bond donors (Lipinski definition) is 1. The Balaban J connectivity index is 2.20. The van der Waals surface area contributed by atoms with Crippen molar-refractivity contribution >= 4 is 0 Å². The SMILES string of the molecule is CC(C)Oc1ncccc1C1CCCN1. The minimum absolute atomic E-state index is 0.181. The summed E-state index contributed by atoms with van der Waals surface area (Å²) in [5.41, 5.74) is 1.20. The lowest BCUT2D eigenvalue weighted by molar-refractivity contribution is 0.228. The van der Waals surface area contributed by atoms with Gasteiger partial charge >= 0.3 is 0 Å².